The summed E-state index contributed by atoms with van der Waals surface area (Å²) >= 11 is 5.54. The smallest absolute Gasteiger partial charge is 0.335 e. The molecule has 2 aliphatic heterocycles. The fraction of sp³-hybridized carbons (Fsp3) is 0.348. The number of hydroxylamine groups is 1. The van der Waals surface area contributed by atoms with Crippen molar-refractivity contribution in [2.24, 2.45) is 0 Å². The van der Waals surface area contributed by atoms with Crippen molar-refractivity contribution >= 4 is 33.0 Å². The zero-order chi connectivity index (χ0) is 28.3. The van der Waals surface area contributed by atoms with E-state index < -0.39 is 74.4 Å². The van der Waals surface area contributed by atoms with E-state index in [4.69, 9.17) is 16.4 Å². The zero-order valence-corrected chi connectivity index (χ0v) is 20.8. The summed E-state index contributed by atoms with van der Waals surface area (Å²) in [4.78, 5) is 17.8. The molecule has 4 rings (SSSR count). The lowest BCUT2D eigenvalue weighted by Gasteiger charge is -2.44. The number of alkyl halides is 7. The fourth-order valence-corrected chi connectivity index (χ4v) is 5.00. The van der Waals surface area contributed by atoms with Crippen molar-refractivity contribution in [3.05, 3.63) is 75.8 Å². The van der Waals surface area contributed by atoms with Crippen molar-refractivity contribution in [3.63, 3.8) is 0 Å². The number of rotatable bonds is 5. The number of amides is 1. The molecule has 0 bridgehead atoms. The number of halogens is 8. The summed E-state index contributed by atoms with van der Waals surface area (Å²) in [6.45, 7) is -0.805. The summed E-state index contributed by atoms with van der Waals surface area (Å²) in [5.41, 5.74) is -5.53. The van der Waals surface area contributed by atoms with E-state index in [-0.39, 0.29) is 22.9 Å². The predicted molar refractivity (Wildman–Crippen MR) is 122 cm³/mol. The Labute approximate surface area is 216 Å². The van der Waals surface area contributed by atoms with Crippen LogP contribution in [0.5, 0.6) is 0 Å². The third-order valence-corrected chi connectivity index (χ3v) is 7.23. The van der Waals surface area contributed by atoms with Crippen molar-refractivity contribution in [2.45, 2.75) is 23.6 Å². The number of hydrogen-bond acceptors (Lipinski definition) is 5. The lowest BCUT2D eigenvalue weighted by atomic mass is 9.87. The van der Waals surface area contributed by atoms with Gasteiger partial charge in [-0.1, -0.05) is 41.9 Å². The zero-order valence-electron chi connectivity index (χ0n) is 19.3. The molecule has 0 saturated carbocycles. The van der Waals surface area contributed by atoms with Crippen molar-refractivity contribution in [1.29, 1.82) is 0 Å². The van der Waals surface area contributed by atoms with Gasteiger partial charge in [0.25, 0.3) is 0 Å². The molecule has 6 nitrogen and oxygen atoms in total. The molecule has 1 atom stereocenters. The molecule has 15 heteroatoms. The molecule has 1 N–H and O–H groups in total. The van der Waals surface area contributed by atoms with Crippen LogP contribution in [0, 0.1) is 0 Å². The van der Waals surface area contributed by atoms with E-state index in [1.807, 2.05) is 0 Å². The van der Waals surface area contributed by atoms with E-state index in [1.165, 1.54) is 24.3 Å². The minimum Gasteiger partial charge on any atom is -0.335 e. The van der Waals surface area contributed by atoms with Gasteiger partial charge < -0.3 is 4.90 Å². The van der Waals surface area contributed by atoms with E-state index in [0.29, 0.717) is 12.1 Å². The topological polar surface area (TPSA) is 75.7 Å². The molecule has 2 aromatic carbocycles. The van der Waals surface area contributed by atoms with E-state index in [2.05, 4.69) is 5.48 Å². The van der Waals surface area contributed by atoms with Gasteiger partial charge in [-0.25, -0.2) is 12.8 Å². The number of hydrogen-bond donors (Lipinski definition) is 1. The molecule has 1 amide bonds. The summed E-state index contributed by atoms with van der Waals surface area (Å²) in [6, 6.07) is 6.82. The Bertz CT molecular complexity index is 1400. The molecule has 2 aromatic rings. The third kappa shape index (κ3) is 5.21. The first kappa shape index (κ1) is 28.2. The number of carbonyl (C=O) groups is 1. The Morgan fingerprint density at radius 1 is 1.05 bits per heavy atom. The molecule has 206 valence electrons. The summed E-state index contributed by atoms with van der Waals surface area (Å²) in [7, 11) is -3.59. The van der Waals surface area contributed by atoms with Crippen molar-refractivity contribution in [1.82, 2.24) is 10.4 Å². The van der Waals surface area contributed by atoms with Crippen molar-refractivity contribution in [2.75, 3.05) is 25.1 Å². The largest absolute Gasteiger partial charge is 0.428 e. The number of benzene rings is 2. The minimum atomic E-state index is -5.19. The van der Waals surface area contributed by atoms with Gasteiger partial charge in [0.05, 0.1) is 29.4 Å². The van der Waals surface area contributed by atoms with Gasteiger partial charge in [-0.2, -0.15) is 26.3 Å². The van der Waals surface area contributed by atoms with Gasteiger partial charge in [0.15, 0.2) is 15.5 Å². The normalized spacial score (nSPS) is 21.5. The number of carbonyl (C=O) groups excluding carboxylic acids is 1. The molecule has 2 heterocycles. The highest BCUT2D eigenvalue weighted by Crippen LogP contribution is 2.49. The molecule has 0 aliphatic carbocycles. The summed E-state index contributed by atoms with van der Waals surface area (Å²) in [6.07, 6.45) is -8.75. The van der Waals surface area contributed by atoms with E-state index in [0.717, 1.165) is 17.2 Å². The molecular weight excluding hydrogens is 569 g/mol. The lowest BCUT2D eigenvalue weighted by molar-refractivity contribution is -0.269. The van der Waals surface area contributed by atoms with Crippen LogP contribution in [0.25, 0.3) is 5.70 Å². The first-order valence-electron chi connectivity index (χ1n) is 10.7. The van der Waals surface area contributed by atoms with Gasteiger partial charge in [-0.05, 0) is 29.3 Å². The summed E-state index contributed by atoms with van der Waals surface area (Å²) in [5.74, 6) is -1.52. The van der Waals surface area contributed by atoms with Crippen LogP contribution in [0.2, 0.25) is 5.02 Å². The van der Waals surface area contributed by atoms with Crippen LogP contribution in [0.1, 0.15) is 22.3 Å². The maximum absolute atomic E-state index is 15.2. The highest BCUT2D eigenvalue weighted by molar-refractivity contribution is 7.91. The standard InChI is InChI=1S/C23H18ClF7N2O4S/c1-38(35,36)10-19(34)33-11-20(25,12-33)14-4-2-13(3-5-14)18-9-21(37-32-18,23(29,30)31)15-6-7-17(24)16(8-15)22(26,27)28/h2-9,32H,10-12H2,1H3. The molecule has 1 unspecified atom stereocenters. The summed E-state index contributed by atoms with van der Waals surface area (Å²) in [5, 5.41) is -0.781. The van der Waals surface area contributed by atoms with Crippen LogP contribution in [-0.4, -0.2) is 50.5 Å². The summed E-state index contributed by atoms with van der Waals surface area (Å²) < 4.78 is 120. The highest BCUT2D eigenvalue weighted by atomic mass is 35.5. The number of likely N-dealkylation sites (tertiary alicyclic amines) is 1. The Kier molecular flexibility index (Phi) is 6.77. The van der Waals surface area contributed by atoms with Gasteiger partial charge in [0, 0.05) is 11.8 Å². The molecule has 0 aromatic heterocycles. The van der Waals surface area contributed by atoms with Gasteiger partial charge in [0.1, 0.15) is 5.75 Å². The lowest BCUT2D eigenvalue weighted by Crippen LogP contribution is -2.59. The SMILES string of the molecule is CS(=O)(=O)CC(=O)N1CC(F)(c2ccc(C3=CC(c4ccc(Cl)c(C(F)(F)F)c4)(C(F)(F)F)ON3)cc2)C1. The predicted octanol–water partition coefficient (Wildman–Crippen LogP) is 4.74. The van der Waals surface area contributed by atoms with Crippen LogP contribution in [0.4, 0.5) is 30.7 Å². The number of sulfone groups is 1. The molecule has 2 aliphatic rings. The monoisotopic (exact) mass is 586 g/mol. The van der Waals surface area contributed by atoms with E-state index in [9.17, 15) is 39.6 Å². The molecule has 0 spiro atoms. The van der Waals surface area contributed by atoms with Crippen LogP contribution < -0.4 is 5.48 Å². The van der Waals surface area contributed by atoms with E-state index >= 15 is 4.39 Å². The Balaban J connectivity index is 1.60. The second-order valence-electron chi connectivity index (χ2n) is 9.05. The quantitative estimate of drug-likeness (QED) is 0.512. The number of nitrogens with one attached hydrogen (secondary N) is 1. The highest BCUT2D eigenvalue weighted by Gasteiger charge is 2.60. The van der Waals surface area contributed by atoms with Gasteiger partial charge in [0.2, 0.25) is 11.5 Å². The average molecular weight is 587 g/mol. The third-order valence-electron chi connectivity index (χ3n) is 6.13. The van der Waals surface area contributed by atoms with Crippen LogP contribution in [0.15, 0.2) is 48.5 Å². The Hall–Kier alpha value is -2.84. The van der Waals surface area contributed by atoms with Gasteiger partial charge in [-0.3, -0.25) is 15.1 Å². The average Bonchev–Trinajstić information content (AvgIpc) is 3.22. The van der Waals surface area contributed by atoms with E-state index in [1.54, 1.807) is 0 Å². The minimum absolute atomic E-state index is 0.0961. The fourth-order valence-electron chi connectivity index (χ4n) is 4.14. The molecule has 1 saturated heterocycles. The van der Waals surface area contributed by atoms with Crippen LogP contribution in [-0.2, 0) is 36.9 Å². The Morgan fingerprint density at radius 2 is 1.63 bits per heavy atom. The van der Waals surface area contributed by atoms with Crippen LogP contribution in [0.3, 0.4) is 0 Å². The van der Waals surface area contributed by atoms with Gasteiger partial charge in [-0.15, -0.1) is 0 Å². The first-order valence-corrected chi connectivity index (χ1v) is 13.1. The van der Waals surface area contributed by atoms with Crippen molar-refractivity contribution in [3.8, 4) is 0 Å². The first-order chi connectivity index (χ1) is 17.3. The Morgan fingerprint density at radius 3 is 2.16 bits per heavy atom. The number of nitrogens with zero attached hydrogens (tertiary/aromatic N) is 1. The van der Waals surface area contributed by atoms with Gasteiger partial charge >= 0.3 is 12.4 Å². The second kappa shape index (κ2) is 9.12. The molecule has 38 heavy (non-hydrogen) atoms. The second-order valence-corrected chi connectivity index (χ2v) is 11.6. The maximum Gasteiger partial charge on any atom is 0.428 e. The van der Waals surface area contributed by atoms with Crippen LogP contribution >= 0.6 is 11.6 Å². The maximum atomic E-state index is 15.2. The van der Waals surface area contributed by atoms with Crippen molar-refractivity contribution < 1.29 is 48.8 Å². The molecular formula is C23H18ClF7N2O4S. The molecule has 0 radical (unpaired) electrons. The molecule has 1 fully saturated rings.